The minimum absolute atomic E-state index is 0.741. The highest BCUT2D eigenvalue weighted by Crippen LogP contribution is 2.05. The third-order valence-electron chi connectivity index (χ3n) is 3.95. The maximum absolute atomic E-state index is 5.55. The van der Waals surface area contributed by atoms with Crippen LogP contribution in [0.15, 0.2) is 30.8 Å². The Balaban J connectivity index is 2.84. The van der Waals surface area contributed by atoms with Crippen LogP contribution in [0.2, 0.25) is 0 Å². The van der Waals surface area contributed by atoms with Crippen LogP contribution in [0.1, 0.15) is 45.1 Å². The summed E-state index contributed by atoms with van der Waals surface area (Å²) in [6.07, 6.45) is 9.12. The molecule has 0 N–H and O–H groups in total. The number of rotatable bonds is 12. The number of unbranched alkanes of at least 4 members (excludes halogenated alkanes) is 2. The van der Waals surface area contributed by atoms with Crippen molar-refractivity contribution in [3.8, 4) is 0 Å². The fourth-order valence-corrected chi connectivity index (χ4v) is 5.23. The van der Waals surface area contributed by atoms with E-state index in [9.17, 15) is 0 Å². The molecule has 0 spiro atoms. The molecule has 0 atom stereocenters. The van der Waals surface area contributed by atoms with Gasteiger partial charge in [-0.3, -0.25) is 0 Å². The first kappa shape index (κ1) is 19.1. The van der Waals surface area contributed by atoms with Crippen LogP contribution in [0.5, 0.6) is 0 Å². The van der Waals surface area contributed by atoms with Gasteiger partial charge in [0, 0.05) is 13.3 Å². The number of hydrogen-bond acceptors (Lipinski definition) is 2. The minimum Gasteiger partial charge on any atom is -0.388 e. The fourth-order valence-electron chi connectivity index (χ4n) is 2.68. The van der Waals surface area contributed by atoms with E-state index in [2.05, 4.69) is 49.6 Å². The molecule has 0 aromatic heterocycles. The van der Waals surface area contributed by atoms with Gasteiger partial charge in [0.1, 0.15) is 8.80 Å². The van der Waals surface area contributed by atoms with Crippen LogP contribution >= 0.6 is 0 Å². The zero-order valence-electron chi connectivity index (χ0n) is 14.6. The van der Waals surface area contributed by atoms with Crippen LogP contribution in [0.3, 0.4) is 0 Å². The van der Waals surface area contributed by atoms with E-state index in [4.69, 9.17) is 4.74 Å². The topological polar surface area (TPSA) is 12.5 Å². The van der Waals surface area contributed by atoms with Gasteiger partial charge in [0.25, 0.3) is 0 Å². The van der Waals surface area contributed by atoms with Crippen molar-refractivity contribution in [3.63, 3.8) is 0 Å². The van der Waals surface area contributed by atoms with Crippen molar-refractivity contribution in [2.75, 3.05) is 32.6 Å². The normalized spacial score (nSPS) is 11.3. The lowest BCUT2D eigenvalue weighted by atomic mass is 10.2. The third-order valence-corrected chi connectivity index (χ3v) is 6.63. The Bertz CT molecular complexity index is 414. The van der Waals surface area contributed by atoms with E-state index in [1.54, 1.807) is 0 Å². The van der Waals surface area contributed by atoms with Gasteiger partial charge in [-0.05, 0) is 37.7 Å². The number of ether oxygens (including phenoxy) is 1. The predicted octanol–water partition coefficient (Wildman–Crippen LogP) is 3.66. The third kappa shape index (κ3) is 6.47. The zero-order valence-corrected chi connectivity index (χ0v) is 15.6. The van der Waals surface area contributed by atoms with Gasteiger partial charge in [0.05, 0.1) is 0 Å². The molecule has 0 bridgehead atoms. The van der Waals surface area contributed by atoms with Crippen molar-refractivity contribution >= 4 is 20.1 Å². The Labute approximate surface area is 138 Å². The van der Waals surface area contributed by atoms with Crippen LogP contribution in [0, 0.1) is 0 Å². The van der Waals surface area contributed by atoms with E-state index < -0.39 is 8.80 Å². The molecule has 1 radical (unpaired) electrons. The Kier molecular flexibility index (Phi) is 10.1. The summed E-state index contributed by atoms with van der Waals surface area (Å²) < 4.78 is 5.55. The lowest BCUT2D eigenvalue weighted by Crippen LogP contribution is -2.47. The van der Waals surface area contributed by atoms with Crippen LogP contribution in [0.4, 0.5) is 0 Å². The molecule has 0 saturated carbocycles. The Hall–Kier alpha value is -0.903. The molecule has 1 rings (SSSR count). The summed E-state index contributed by atoms with van der Waals surface area (Å²) in [4.78, 5) is 2.65. The van der Waals surface area contributed by atoms with Gasteiger partial charge in [-0.2, -0.15) is 0 Å². The number of benzene rings is 1. The lowest BCUT2D eigenvalue weighted by Gasteiger charge is -2.27. The maximum atomic E-state index is 5.55. The standard InChI is InChI=1S/C19H32NOSi/c1-5-8-14-20(15-9-6-2)16-22(17-21-4)19-13-11-10-12-18(19)7-3/h7,10-13H,3,5-6,8-9,14-17H2,1-2,4H3. The van der Waals surface area contributed by atoms with Crippen molar-refractivity contribution in [2.24, 2.45) is 0 Å². The van der Waals surface area contributed by atoms with Crippen molar-refractivity contribution in [3.05, 3.63) is 36.4 Å². The van der Waals surface area contributed by atoms with Gasteiger partial charge in [-0.25, -0.2) is 0 Å². The Morgan fingerprint density at radius 2 is 1.77 bits per heavy atom. The Morgan fingerprint density at radius 1 is 1.14 bits per heavy atom. The quantitative estimate of drug-likeness (QED) is 0.545. The average molecular weight is 319 g/mol. The van der Waals surface area contributed by atoms with E-state index in [-0.39, 0.29) is 0 Å². The molecule has 0 aliphatic carbocycles. The second kappa shape index (κ2) is 11.6. The van der Waals surface area contributed by atoms with E-state index in [1.165, 1.54) is 55.7 Å². The average Bonchev–Trinajstić information content (AvgIpc) is 2.56. The smallest absolute Gasteiger partial charge is 0.132 e. The van der Waals surface area contributed by atoms with Crippen molar-refractivity contribution < 1.29 is 4.74 Å². The molecular formula is C19H32NOSi. The number of nitrogens with zero attached hydrogens (tertiary/aromatic N) is 1. The summed E-state index contributed by atoms with van der Waals surface area (Å²) in [7, 11) is 1.08. The number of methoxy groups -OCH3 is 1. The summed E-state index contributed by atoms with van der Waals surface area (Å²) in [6, 6.07) is 8.68. The zero-order chi connectivity index (χ0) is 16.2. The monoisotopic (exact) mass is 318 g/mol. The van der Waals surface area contributed by atoms with Gasteiger partial charge in [0.2, 0.25) is 0 Å². The molecule has 3 heteroatoms. The van der Waals surface area contributed by atoms with E-state index in [0.717, 1.165) is 6.23 Å². The van der Waals surface area contributed by atoms with Crippen molar-refractivity contribution in [2.45, 2.75) is 39.5 Å². The fraction of sp³-hybridized carbons (Fsp3) is 0.579. The first-order valence-electron chi connectivity index (χ1n) is 8.54. The first-order chi connectivity index (χ1) is 10.8. The van der Waals surface area contributed by atoms with Crippen LogP contribution in [0.25, 0.3) is 6.08 Å². The molecule has 0 fully saturated rings. The predicted molar refractivity (Wildman–Crippen MR) is 100 cm³/mol. The second-order valence-electron chi connectivity index (χ2n) is 5.81. The molecule has 2 nitrogen and oxygen atoms in total. The highest BCUT2D eigenvalue weighted by atomic mass is 28.3. The summed E-state index contributed by atoms with van der Waals surface area (Å²) in [5.74, 6) is 0. The van der Waals surface area contributed by atoms with Crippen molar-refractivity contribution in [1.29, 1.82) is 0 Å². The maximum Gasteiger partial charge on any atom is 0.132 e. The summed E-state index contributed by atoms with van der Waals surface area (Å²) in [5.41, 5.74) is 1.28. The van der Waals surface area contributed by atoms with E-state index >= 15 is 0 Å². The molecule has 22 heavy (non-hydrogen) atoms. The molecule has 0 unspecified atom stereocenters. The molecule has 1 aromatic carbocycles. The lowest BCUT2D eigenvalue weighted by molar-refractivity contribution is 0.243. The summed E-state index contributed by atoms with van der Waals surface area (Å²) >= 11 is 0. The van der Waals surface area contributed by atoms with Gasteiger partial charge < -0.3 is 9.64 Å². The molecule has 123 valence electrons. The highest BCUT2D eigenvalue weighted by Gasteiger charge is 2.20. The van der Waals surface area contributed by atoms with Gasteiger partial charge in [0.15, 0.2) is 0 Å². The van der Waals surface area contributed by atoms with E-state index in [1.807, 2.05) is 13.2 Å². The molecule has 0 heterocycles. The second-order valence-corrected chi connectivity index (χ2v) is 8.16. The number of hydrogen-bond donors (Lipinski definition) is 0. The molecule has 1 aromatic rings. The van der Waals surface area contributed by atoms with Crippen LogP contribution in [-0.2, 0) is 4.74 Å². The summed E-state index contributed by atoms with van der Waals surface area (Å²) in [5, 5.41) is 1.46. The SMILES string of the molecule is C=Cc1ccccc1[Si](COC)CN(CCCC)CCCC. The largest absolute Gasteiger partial charge is 0.388 e. The molecular weight excluding hydrogens is 286 g/mol. The van der Waals surface area contributed by atoms with Crippen molar-refractivity contribution in [1.82, 2.24) is 4.90 Å². The first-order valence-corrected chi connectivity index (χ1v) is 10.5. The van der Waals surface area contributed by atoms with Crippen LogP contribution in [-0.4, -0.2) is 46.3 Å². The van der Waals surface area contributed by atoms with Crippen LogP contribution < -0.4 is 5.19 Å². The minimum atomic E-state index is -0.741. The summed E-state index contributed by atoms with van der Waals surface area (Å²) in [6.45, 7) is 10.9. The molecule has 0 amide bonds. The van der Waals surface area contributed by atoms with Gasteiger partial charge >= 0.3 is 0 Å². The molecule has 0 aliphatic heterocycles. The Morgan fingerprint density at radius 3 is 2.32 bits per heavy atom. The van der Waals surface area contributed by atoms with Gasteiger partial charge in [-0.1, -0.05) is 68.8 Å². The molecule has 0 aliphatic rings. The molecule has 0 saturated heterocycles. The van der Waals surface area contributed by atoms with Gasteiger partial charge in [-0.15, -0.1) is 0 Å². The highest BCUT2D eigenvalue weighted by molar-refractivity contribution is 6.74. The van der Waals surface area contributed by atoms with E-state index in [0.29, 0.717) is 0 Å².